The number of carboxylic acids is 1. The van der Waals surface area contributed by atoms with Gasteiger partial charge in [-0.15, -0.1) is 0 Å². The van der Waals surface area contributed by atoms with Crippen LogP contribution in [0.4, 0.5) is 0 Å². The van der Waals surface area contributed by atoms with Crippen molar-refractivity contribution >= 4 is 16.0 Å². The maximum absolute atomic E-state index is 11.2. The Bertz CT molecular complexity index is 523. The van der Waals surface area contributed by atoms with Gasteiger partial charge in [0.1, 0.15) is 0 Å². The number of sulfonamides is 1. The van der Waals surface area contributed by atoms with E-state index in [0.29, 0.717) is 12.0 Å². The first-order valence-corrected chi connectivity index (χ1v) is 6.45. The molecule has 5 nitrogen and oxygen atoms in total. The fourth-order valence-corrected chi connectivity index (χ4v) is 3.16. The number of rotatable bonds is 2. The molecule has 1 fully saturated rings. The molecular weight excluding hydrogens is 230 g/mol. The van der Waals surface area contributed by atoms with Crippen molar-refractivity contribution in [3.63, 3.8) is 0 Å². The largest absolute Gasteiger partial charge is 0.545 e. The molecule has 2 rings (SSSR count). The van der Waals surface area contributed by atoms with Gasteiger partial charge in [0.05, 0.1) is 11.7 Å². The van der Waals surface area contributed by atoms with Crippen LogP contribution in [0.3, 0.4) is 0 Å². The summed E-state index contributed by atoms with van der Waals surface area (Å²) in [7, 11) is -3.25. The second-order valence-corrected chi connectivity index (χ2v) is 5.53. The summed E-state index contributed by atoms with van der Waals surface area (Å²) in [5, 5.41) is 10.9. The van der Waals surface area contributed by atoms with Gasteiger partial charge in [0, 0.05) is 11.6 Å². The molecule has 1 saturated heterocycles. The van der Waals surface area contributed by atoms with Gasteiger partial charge in [-0.05, 0) is 12.0 Å². The van der Waals surface area contributed by atoms with E-state index >= 15 is 0 Å². The Morgan fingerprint density at radius 1 is 1.38 bits per heavy atom. The van der Waals surface area contributed by atoms with Crippen LogP contribution < -0.4 is 9.83 Å². The average molecular weight is 240 g/mol. The van der Waals surface area contributed by atoms with Crippen molar-refractivity contribution in [1.82, 2.24) is 4.72 Å². The van der Waals surface area contributed by atoms with Gasteiger partial charge in [-0.1, -0.05) is 24.3 Å². The third-order valence-corrected chi connectivity index (χ3v) is 3.97. The molecule has 0 aromatic heterocycles. The minimum atomic E-state index is -3.25. The molecular formula is C10H10NO4S-. The van der Waals surface area contributed by atoms with E-state index in [-0.39, 0.29) is 11.3 Å². The van der Waals surface area contributed by atoms with Crippen molar-refractivity contribution in [1.29, 1.82) is 0 Å². The second-order valence-electron chi connectivity index (χ2n) is 3.65. The van der Waals surface area contributed by atoms with Gasteiger partial charge in [-0.25, -0.2) is 13.1 Å². The van der Waals surface area contributed by atoms with Crippen molar-refractivity contribution in [3.8, 4) is 0 Å². The van der Waals surface area contributed by atoms with Crippen LogP contribution >= 0.6 is 0 Å². The molecule has 1 aliphatic rings. The van der Waals surface area contributed by atoms with E-state index in [2.05, 4.69) is 4.72 Å². The van der Waals surface area contributed by atoms with Crippen LogP contribution in [-0.2, 0) is 10.0 Å². The van der Waals surface area contributed by atoms with Gasteiger partial charge >= 0.3 is 0 Å². The lowest BCUT2D eigenvalue weighted by Gasteiger charge is -2.15. The maximum atomic E-state index is 11.2. The van der Waals surface area contributed by atoms with Crippen molar-refractivity contribution in [2.24, 2.45) is 0 Å². The Kier molecular flexibility index (Phi) is 2.69. The molecule has 1 aromatic rings. The maximum Gasteiger partial charge on any atom is 0.212 e. The summed E-state index contributed by atoms with van der Waals surface area (Å²) in [6.07, 6.45) is 0.382. The zero-order valence-corrected chi connectivity index (χ0v) is 9.16. The van der Waals surface area contributed by atoms with Crippen LogP contribution in [0.1, 0.15) is 28.4 Å². The summed E-state index contributed by atoms with van der Waals surface area (Å²) in [5.74, 6) is -1.26. The summed E-state index contributed by atoms with van der Waals surface area (Å²) in [5.41, 5.74) is 0.501. The van der Waals surface area contributed by atoms with Crippen LogP contribution in [0.15, 0.2) is 24.3 Å². The second kappa shape index (κ2) is 3.88. The molecule has 0 bridgehead atoms. The zero-order chi connectivity index (χ0) is 11.8. The lowest BCUT2D eigenvalue weighted by Crippen LogP contribution is -2.27. The Labute approximate surface area is 93.2 Å². The van der Waals surface area contributed by atoms with E-state index in [1.807, 2.05) is 0 Å². The molecule has 6 heteroatoms. The van der Waals surface area contributed by atoms with E-state index < -0.39 is 22.0 Å². The van der Waals surface area contributed by atoms with Crippen molar-refractivity contribution in [2.45, 2.75) is 12.5 Å². The van der Waals surface area contributed by atoms with Crippen LogP contribution in [-0.4, -0.2) is 20.1 Å². The molecule has 0 spiro atoms. The third-order valence-electron chi connectivity index (χ3n) is 2.55. The number of carbonyl (C=O) groups is 1. The van der Waals surface area contributed by atoms with E-state index in [0.717, 1.165) is 0 Å². The third kappa shape index (κ3) is 2.07. The summed E-state index contributed by atoms with van der Waals surface area (Å²) < 4.78 is 24.9. The lowest BCUT2D eigenvalue weighted by molar-refractivity contribution is -0.255. The number of hydrogen-bond acceptors (Lipinski definition) is 4. The Morgan fingerprint density at radius 3 is 2.62 bits per heavy atom. The van der Waals surface area contributed by atoms with Gasteiger partial charge < -0.3 is 9.90 Å². The van der Waals surface area contributed by atoms with Crippen LogP contribution in [0.25, 0.3) is 0 Å². The molecule has 1 aromatic carbocycles. The van der Waals surface area contributed by atoms with E-state index in [4.69, 9.17) is 0 Å². The highest BCUT2D eigenvalue weighted by molar-refractivity contribution is 7.89. The predicted molar refractivity (Wildman–Crippen MR) is 55.1 cm³/mol. The molecule has 1 unspecified atom stereocenters. The Balaban J connectivity index is 2.38. The summed E-state index contributed by atoms with van der Waals surface area (Å²) in [6, 6.07) is 5.81. The first-order chi connectivity index (χ1) is 7.49. The number of benzene rings is 1. The van der Waals surface area contributed by atoms with Crippen molar-refractivity contribution < 1.29 is 18.3 Å². The number of hydrogen-bond donors (Lipinski definition) is 1. The van der Waals surface area contributed by atoms with Gasteiger partial charge in [-0.3, -0.25) is 0 Å². The smallest absolute Gasteiger partial charge is 0.212 e. The predicted octanol–water partition coefficient (Wildman–Crippen LogP) is -0.586. The summed E-state index contributed by atoms with van der Waals surface area (Å²) in [6.45, 7) is 0. The minimum Gasteiger partial charge on any atom is -0.545 e. The highest BCUT2D eigenvalue weighted by Gasteiger charge is 2.29. The quantitative estimate of drug-likeness (QED) is 0.749. The van der Waals surface area contributed by atoms with E-state index in [9.17, 15) is 18.3 Å². The van der Waals surface area contributed by atoms with E-state index in [1.165, 1.54) is 6.07 Å². The lowest BCUT2D eigenvalue weighted by atomic mass is 9.99. The van der Waals surface area contributed by atoms with Crippen LogP contribution in [0, 0.1) is 0 Å². The van der Waals surface area contributed by atoms with Gasteiger partial charge in [0.15, 0.2) is 0 Å². The molecule has 0 aliphatic carbocycles. The molecule has 0 saturated carbocycles. The number of aromatic carboxylic acids is 1. The number of nitrogens with one attached hydrogen (secondary N) is 1. The molecule has 1 N–H and O–H groups in total. The number of carboxylic acid groups (broad SMARTS) is 1. The standard InChI is InChI=1S/C10H11NO4S/c12-10(13)8-4-2-1-3-7(8)9-5-6-16(14,15)11-9/h1-4,9,11H,5-6H2,(H,12,13)/p-1. The molecule has 1 aliphatic heterocycles. The Morgan fingerprint density at radius 2 is 2.06 bits per heavy atom. The van der Waals surface area contributed by atoms with E-state index in [1.54, 1.807) is 18.2 Å². The minimum absolute atomic E-state index is 0.0268. The average Bonchev–Trinajstić information content (AvgIpc) is 2.59. The van der Waals surface area contributed by atoms with Crippen molar-refractivity contribution in [3.05, 3.63) is 35.4 Å². The highest BCUT2D eigenvalue weighted by atomic mass is 32.2. The SMILES string of the molecule is O=C([O-])c1ccccc1C1CCS(=O)(=O)N1. The molecule has 0 radical (unpaired) electrons. The normalized spacial score (nSPS) is 23.1. The molecule has 1 atom stereocenters. The summed E-state index contributed by atoms with van der Waals surface area (Å²) >= 11 is 0. The fraction of sp³-hybridized carbons (Fsp3) is 0.300. The Hall–Kier alpha value is -1.40. The monoisotopic (exact) mass is 240 g/mol. The fourth-order valence-electron chi connectivity index (χ4n) is 1.81. The van der Waals surface area contributed by atoms with Crippen LogP contribution in [0.2, 0.25) is 0 Å². The topological polar surface area (TPSA) is 86.3 Å². The highest BCUT2D eigenvalue weighted by Crippen LogP contribution is 2.26. The molecule has 16 heavy (non-hydrogen) atoms. The molecule has 0 amide bonds. The van der Waals surface area contributed by atoms with Crippen molar-refractivity contribution in [2.75, 3.05) is 5.75 Å². The van der Waals surface area contributed by atoms with Crippen LogP contribution in [0.5, 0.6) is 0 Å². The number of carbonyl (C=O) groups excluding carboxylic acids is 1. The first kappa shape index (κ1) is 11.1. The zero-order valence-electron chi connectivity index (χ0n) is 8.34. The van der Waals surface area contributed by atoms with Gasteiger partial charge in [0.25, 0.3) is 0 Å². The summed E-state index contributed by atoms with van der Waals surface area (Å²) in [4.78, 5) is 10.9. The molecule has 86 valence electrons. The van der Waals surface area contributed by atoms with Gasteiger partial charge in [0.2, 0.25) is 10.0 Å². The van der Waals surface area contributed by atoms with Gasteiger partial charge in [-0.2, -0.15) is 0 Å². The first-order valence-electron chi connectivity index (χ1n) is 4.80. The molecule has 1 heterocycles.